The van der Waals surface area contributed by atoms with Crippen LogP contribution in [0.25, 0.3) is 11.4 Å². The first-order valence-electron chi connectivity index (χ1n) is 7.68. The van der Waals surface area contributed by atoms with Crippen LogP contribution in [0.2, 0.25) is 0 Å². The molecule has 0 amide bonds. The van der Waals surface area contributed by atoms with E-state index < -0.39 is 13.0 Å². The number of rotatable bonds is 6. The zero-order chi connectivity index (χ0) is 17.3. The van der Waals surface area contributed by atoms with Crippen LogP contribution in [-0.4, -0.2) is 47.3 Å². The number of likely N-dealkylation sites (tertiary alicyclic amines) is 1. The summed E-state index contributed by atoms with van der Waals surface area (Å²) < 4.78 is 48.1. The highest BCUT2D eigenvalue weighted by molar-refractivity contribution is 5.54. The van der Waals surface area contributed by atoms with E-state index in [4.69, 9.17) is 9.26 Å². The van der Waals surface area contributed by atoms with Crippen molar-refractivity contribution >= 4 is 0 Å². The van der Waals surface area contributed by atoms with Gasteiger partial charge in [0.25, 0.3) is 6.43 Å². The summed E-state index contributed by atoms with van der Waals surface area (Å²) >= 11 is 0. The van der Waals surface area contributed by atoms with Crippen LogP contribution in [0.5, 0.6) is 0 Å². The first-order chi connectivity index (χ1) is 11.4. The zero-order valence-corrected chi connectivity index (χ0v) is 13.4. The van der Waals surface area contributed by atoms with E-state index >= 15 is 0 Å². The number of aryl methyl sites for hydroxylation is 1. The number of alkyl halides is 2. The standard InChI is InChI=1S/C16H18F3N3O2/c1-9-3-4-11(5-13(9)17)15-20-16(24-21-15)10(2)22-6-12(7-22)23-8-14(18)19/h3-5,10,12,14H,6-8H2,1-2H3/t10-/m0/s1. The van der Waals surface area contributed by atoms with Crippen molar-refractivity contribution in [3.8, 4) is 11.4 Å². The number of halogens is 3. The highest BCUT2D eigenvalue weighted by Gasteiger charge is 2.34. The lowest BCUT2D eigenvalue weighted by Crippen LogP contribution is -2.53. The van der Waals surface area contributed by atoms with Crippen molar-refractivity contribution in [2.24, 2.45) is 0 Å². The third-order valence-electron chi connectivity index (χ3n) is 4.11. The van der Waals surface area contributed by atoms with Crippen molar-refractivity contribution in [1.29, 1.82) is 0 Å². The van der Waals surface area contributed by atoms with Gasteiger partial charge in [-0.3, -0.25) is 4.90 Å². The van der Waals surface area contributed by atoms with Gasteiger partial charge in [0.05, 0.1) is 12.1 Å². The summed E-state index contributed by atoms with van der Waals surface area (Å²) in [5, 5.41) is 3.89. The average Bonchev–Trinajstić information content (AvgIpc) is 2.97. The molecule has 0 radical (unpaired) electrons. The molecular weight excluding hydrogens is 323 g/mol. The Hall–Kier alpha value is -1.93. The summed E-state index contributed by atoms with van der Waals surface area (Å²) in [5.41, 5.74) is 1.09. The molecule has 0 spiro atoms. The Labute approximate surface area is 137 Å². The van der Waals surface area contributed by atoms with Gasteiger partial charge in [-0.25, -0.2) is 13.2 Å². The second-order valence-electron chi connectivity index (χ2n) is 5.90. The summed E-state index contributed by atoms with van der Waals surface area (Å²) in [6.07, 6.45) is -2.65. The predicted octanol–water partition coefficient (Wildman–Crippen LogP) is 3.21. The van der Waals surface area contributed by atoms with Gasteiger partial charge in [0.2, 0.25) is 11.7 Å². The van der Waals surface area contributed by atoms with Crippen LogP contribution >= 0.6 is 0 Å². The van der Waals surface area contributed by atoms with E-state index in [-0.39, 0.29) is 18.0 Å². The lowest BCUT2D eigenvalue weighted by atomic mass is 10.1. The summed E-state index contributed by atoms with van der Waals surface area (Å²) in [6, 6.07) is 4.60. The molecule has 1 atom stereocenters. The maximum Gasteiger partial charge on any atom is 0.261 e. The highest BCUT2D eigenvalue weighted by Crippen LogP contribution is 2.27. The number of hydrogen-bond donors (Lipinski definition) is 0. The van der Waals surface area contributed by atoms with Crippen LogP contribution in [0.3, 0.4) is 0 Å². The molecule has 1 aromatic heterocycles. The van der Waals surface area contributed by atoms with Gasteiger partial charge in [0, 0.05) is 18.7 Å². The third kappa shape index (κ3) is 3.59. The van der Waals surface area contributed by atoms with Gasteiger partial charge >= 0.3 is 0 Å². The fourth-order valence-corrected chi connectivity index (χ4v) is 2.51. The molecule has 0 unspecified atom stereocenters. The van der Waals surface area contributed by atoms with Gasteiger partial charge in [0.1, 0.15) is 12.4 Å². The highest BCUT2D eigenvalue weighted by atomic mass is 19.3. The lowest BCUT2D eigenvalue weighted by molar-refractivity contribution is -0.101. The molecule has 0 saturated carbocycles. The Bertz CT molecular complexity index is 702. The molecule has 0 aliphatic carbocycles. The molecule has 130 valence electrons. The Morgan fingerprint density at radius 1 is 1.38 bits per heavy atom. The fraction of sp³-hybridized carbons (Fsp3) is 0.500. The van der Waals surface area contributed by atoms with E-state index in [9.17, 15) is 13.2 Å². The molecule has 3 rings (SSSR count). The summed E-state index contributed by atoms with van der Waals surface area (Å²) in [7, 11) is 0. The molecule has 5 nitrogen and oxygen atoms in total. The van der Waals surface area contributed by atoms with E-state index in [0.717, 1.165) is 0 Å². The van der Waals surface area contributed by atoms with Gasteiger partial charge in [-0.2, -0.15) is 4.98 Å². The smallest absolute Gasteiger partial charge is 0.261 e. The van der Waals surface area contributed by atoms with Gasteiger partial charge in [-0.15, -0.1) is 0 Å². The molecule has 1 aliphatic heterocycles. The van der Waals surface area contributed by atoms with Crippen LogP contribution in [0.4, 0.5) is 13.2 Å². The molecule has 1 fully saturated rings. The van der Waals surface area contributed by atoms with Gasteiger partial charge in [-0.1, -0.05) is 17.3 Å². The fourth-order valence-electron chi connectivity index (χ4n) is 2.51. The quantitative estimate of drug-likeness (QED) is 0.807. The van der Waals surface area contributed by atoms with E-state index in [2.05, 4.69) is 10.1 Å². The largest absolute Gasteiger partial charge is 0.370 e. The Morgan fingerprint density at radius 2 is 2.12 bits per heavy atom. The van der Waals surface area contributed by atoms with E-state index in [1.54, 1.807) is 19.1 Å². The van der Waals surface area contributed by atoms with Crippen LogP contribution in [0.1, 0.15) is 24.4 Å². The second kappa shape index (κ2) is 6.90. The molecule has 1 aromatic carbocycles. The number of aromatic nitrogens is 2. The molecule has 8 heteroatoms. The van der Waals surface area contributed by atoms with E-state index in [1.807, 2.05) is 11.8 Å². The molecular formula is C16H18F3N3O2. The number of benzene rings is 1. The van der Waals surface area contributed by atoms with Crippen molar-refractivity contribution in [1.82, 2.24) is 15.0 Å². The number of ether oxygens (including phenoxy) is 1. The molecule has 24 heavy (non-hydrogen) atoms. The average molecular weight is 341 g/mol. The Morgan fingerprint density at radius 3 is 2.79 bits per heavy atom. The summed E-state index contributed by atoms with van der Waals surface area (Å²) in [4.78, 5) is 6.30. The minimum Gasteiger partial charge on any atom is -0.370 e. The van der Waals surface area contributed by atoms with Crippen LogP contribution in [-0.2, 0) is 4.74 Å². The normalized spacial score (nSPS) is 17.2. The molecule has 2 aromatic rings. The Kier molecular flexibility index (Phi) is 4.86. The first kappa shape index (κ1) is 16.9. The van der Waals surface area contributed by atoms with Crippen molar-refractivity contribution in [3.05, 3.63) is 35.5 Å². The van der Waals surface area contributed by atoms with Crippen molar-refractivity contribution in [3.63, 3.8) is 0 Å². The second-order valence-corrected chi connectivity index (χ2v) is 5.90. The maximum atomic E-state index is 13.6. The van der Waals surface area contributed by atoms with Crippen molar-refractivity contribution in [2.75, 3.05) is 19.7 Å². The molecule has 2 heterocycles. The topological polar surface area (TPSA) is 51.4 Å². The SMILES string of the molecule is Cc1ccc(-c2noc([C@H](C)N3CC(OCC(F)F)C3)n2)cc1F. The molecule has 0 N–H and O–H groups in total. The molecule has 1 aliphatic rings. The van der Waals surface area contributed by atoms with E-state index in [1.165, 1.54) is 6.07 Å². The van der Waals surface area contributed by atoms with Gasteiger partial charge in [0.15, 0.2) is 0 Å². The minimum absolute atomic E-state index is 0.159. The lowest BCUT2D eigenvalue weighted by Gasteiger charge is -2.41. The van der Waals surface area contributed by atoms with Gasteiger partial charge < -0.3 is 9.26 Å². The minimum atomic E-state index is -2.45. The molecule has 1 saturated heterocycles. The van der Waals surface area contributed by atoms with Crippen LogP contribution in [0, 0.1) is 12.7 Å². The van der Waals surface area contributed by atoms with Crippen LogP contribution < -0.4 is 0 Å². The van der Waals surface area contributed by atoms with Crippen molar-refractivity contribution in [2.45, 2.75) is 32.4 Å². The first-order valence-corrected chi connectivity index (χ1v) is 7.68. The van der Waals surface area contributed by atoms with Crippen molar-refractivity contribution < 1.29 is 22.4 Å². The third-order valence-corrected chi connectivity index (χ3v) is 4.11. The number of nitrogens with zero attached hydrogens (tertiary/aromatic N) is 3. The number of hydrogen-bond acceptors (Lipinski definition) is 5. The summed E-state index contributed by atoms with van der Waals surface area (Å²) in [6.45, 7) is 4.09. The van der Waals surface area contributed by atoms with E-state index in [0.29, 0.717) is 35.9 Å². The Balaban J connectivity index is 1.60. The summed E-state index contributed by atoms with van der Waals surface area (Å²) in [5.74, 6) is 0.397. The van der Waals surface area contributed by atoms with Gasteiger partial charge in [-0.05, 0) is 25.5 Å². The molecule has 0 bridgehead atoms. The maximum absolute atomic E-state index is 13.6. The zero-order valence-electron chi connectivity index (χ0n) is 13.4. The van der Waals surface area contributed by atoms with Crippen LogP contribution in [0.15, 0.2) is 22.7 Å². The predicted molar refractivity (Wildman–Crippen MR) is 80.2 cm³/mol. The monoisotopic (exact) mass is 341 g/mol.